The molecule has 0 bridgehead atoms. The number of halogens is 1. The number of hydrazine groups is 1. The molecule has 1 aliphatic rings. The smallest absolute Gasteiger partial charge is 0.411 e. The Morgan fingerprint density at radius 2 is 1.64 bits per heavy atom. The summed E-state index contributed by atoms with van der Waals surface area (Å²) in [5.74, 6) is -0.0754. The first-order chi connectivity index (χ1) is 15.9. The monoisotopic (exact) mass is 507 g/mol. The third kappa shape index (κ3) is 5.61. The van der Waals surface area contributed by atoms with E-state index in [4.69, 9.17) is 4.74 Å². The quantitative estimate of drug-likeness (QED) is 0.428. The first-order valence-corrected chi connectivity index (χ1v) is 11.7. The number of anilines is 1. The summed E-state index contributed by atoms with van der Waals surface area (Å²) in [5, 5.41) is 4.46. The van der Waals surface area contributed by atoms with Gasteiger partial charge in [-0.25, -0.2) is 10.2 Å². The maximum atomic E-state index is 13.4. The summed E-state index contributed by atoms with van der Waals surface area (Å²) in [6, 6.07) is 24.9. The highest BCUT2D eigenvalue weighted by atomic mass is 79.9. The minimum absolute atomic E-state index is 0.0497. The Hall–Kier alpha value is -3.16. The number of nitrogens with one attached hydrogen (secondary N) is 2. The van der Waals surface area contributed by atoms with E-state index >= 15 is 0 Å². The lowest BCUT2D eigenvalue weighted by atomic mass is 9.97. The average Bonchev–Trinajstić information content (AvgIpc) is 3.25. The fourth-order valence-electron chi connectivity index (χ4n) is 3.90. The van der Waals surface area contributed by atoms with Gasteiger partial charge in [-0.2, -0.15) is 0 Å². The molecule has 2 atom stereocenters. The van der Waals surface area contributed by atoms with E-state index in [-0.39, 0.29) is 24.1 Å². The number of rotatable bonds is 5. The zero-order valence-corrected chi connectivity index (χ0v) is 20.1. The van der Waals surface area contributed by atoms with E-state index in [2.05, 4.69) is 26.7 Å². The van der Waals surface area contributed by atoms with Crippen molar-refractivity contribution in [3.63, 3.8) is 0 Å². The molecule has 3 aromatic rings. The highest BCUT2D eigenvalue weighted by Gasteiger charge is 2.37. The van der Waals surface area contributed by atoms with Crippen LogP contribution in [0.2, 0.25) is 0 Å². The molecule has 33 heavy (non-hydrogen) atoms. The molecule has 0 spiro atoms. The first kappa shape index (κ1) is 23.0. The number of amides is 2. The summed E-state index contributed by atoms with van der Waals surface area (Å²) >= 11 is 3.42. The maximum Gasteiger partial charge on any atom is 0.411 e. The minimum Gasteiger partial charge on any atom is -0.447 e. The average molecular weight is 508 g/mol. The van der Waals surface area contributed by atoms with Gasteiger partial charge in [0, 0.05) is 15.7 Å². The molecule has 0 radical (unpaired) electrons. The number of benzene rings is 3. The van der Waals surface area contributed by atoms with Crippen molar-refractivity contribution in [3.8, 4) is 0 Å². The van der Waals surface area contributed by atoms with E-state index in [0.717, 1.165) is 22.0 Å². The van der Waals surface area contributed by atoms with Crippen molar-refractivity contribution in [1.29, 1.82) is 0 Å². The third-order valence-electron chi connectivity index (χ3n) is 5.46. The molecule has 4 rings (SSSR count). The van der Waals surface area contributed by atoms with Crippen LogP contribution in [0.5, 0.6) is 0 Å². The molecular weight excluding hydrogens is 482 g/mol. The Labute approximate surface area is 202 Å². The van der Waals surface area contributed by atoms with Gasteiger partial charge in [-0.05, 0) is 67.8 Å². The van der Waals surface area contributed by atoms with Crippen LogP contribution in [0, 0.1) is 0 Å². The summed E-state index contributed by atoms with van der Waals surface area (Å²) in [4.78, 5) is 25.2. The summed E-state index contributed by atoms with van der Waals surface area (Å²) in [5.41, 5.74) is 6.80. The van der Waals surface area contributed by atoms with E-state index < -0.39 is 6.09 Å². The van der Waals surface area contributed by atoms with Crippen LogP contribution >= 0.6 is 15.9 Å². The van der Waals surface area contributed by atoms with Crippen molar-refractivity contribution in [2.45, 2.75) is 38.5 Å². The Bertz CT molecular complexity index is 1100. The van der Waals surface area contributed by atoms with E-state index in [1.807, 2.05) is 78.9 Å². The fourth-order valence-corrected chi connectivity index (χ4v) is 4.17. The molecule has 0 unspecified atom stereocenters. The fraction of sp³-hybridized carbons (Fsp3) is 0.231. The van der Waals surface area contributed by atoms with Gasteiger partial charge >= 0.3 is 6.09 Å². The predicted octanol–water partition coefficient (Wildman–Crippen LogP) is 6.24. The molecule has 170 valence electrons. The second-order valence-corrected chi connectivity index (χ2v) is 9.14. The number of nitrogens with zero attached hydrogens (tertiary/aromatic N) is 1. The van der Waals surface area contributed by atoms with Gasteiger partial charge < -0.3 is 4.74 Å². The van der Waals surface area contributed by atoms with E-state index in [1.165, 1.54) is 0 Å². The van der Waals surface area contributed by atoms with Gasteiger partial charge in [0.2, 0.25) is 0 Å². The zero-order chi connectivity index (χ0) is 23.4. The summed E-state index contributed by atoms with van der Waals surface area (Å²) in [6.45, 7) is 3.61. The summed E-state index contributed by atoms with van der Waals surface area (Å²) in [6.07, 6.45) is 0.0670. The Morgan fingerprint density at radius 1 is 0.970 bits per heavy atom. The van der Waals surface area contributed by atoms with Crippen LogP contribution in [-0.2, 0) is 4.74 Å². The second kappa shape index (κ2) is 10.2. The van der Waals surface area contributed by atoms with Crippen molar-refractivity contribution in [2.75, 3.05) is 5.32 Å². The minimum atomic E-state index is -0.479. The topological polar surface area (TPSA) is 70.7 Å². The predicted molar refractivity (Wildman–Crippen MR) is 132 cm³/mol. The normalized spacial score (nSPS) is 17.8. The van der Waals surface area contributed by atoms with Crippen LogP contribution in [0.4, 0.5) is 10.5 Å². The SMILES string of the molecule is CC(C)OC(=O)Nc1ccc([C@H]2C[C@@H](c3ccccc3)N(C(=O)c3ccc(Br)cc3)N2)cc1. The van der Waals surface area contributed by atoms with Crippen LogP contribution in [0.25, 0.3) is 0 Å². The first-order valence-electron chi connectivity index (χ1n) is 10.9. The molecule has 6 nitrogen and oxygen atoms in total. The number of carbonyl (C=O) groups is 2. The van der Waals surface area contributed by atoms with Gasteiger partial charge in [0.15, 0.2) is 0 Å². The molecule has 1 heterocycles. The van der Waals surface area contributed by atoms with Crippen LogP contribution < -0.4 is 10.7 Å². The molecular formula is C26H26BrN3O3. The second-order valence-electron chi connectivity index (χ2n) is 8.23. The van der Waals surface area contributed by atoms with E-state index in [9.17, 15) is 9.59 Å². The van der Waals surface area contributed by atoms with E-state index in [0.29, 0.717) is 11.3 Å². The molecule has 1 fully saturated rings. The van der Waals surface area contributed by atoms with E-state index in [1.54, 1.807) is 18.9 Å². The van der Waals surface area contributed by atoms with Crippen molar-refractivity contribution in [3.05, 3.63) is 100 Å². The standard InChI is InChI=1S/C26H26BrN3O3/c1-17(2)33-26(32)28-22-14-10-18(11-15-22)23-16-24(19-6-4-3-5-7-19)30(29-23)25(31)20-8-12-21(27)13-9-20/h3-15,17,23-24,29H,16H2,1-2H3,(H,28,32)/t23-,24+/m1/s1. The van der Waals surface area contributed by atoms with Crippen LogP contribution in [0.15, 0.2) is 83.3 Å². The largest absolute Gasteiger partial charge is 0.447 e. The Kier molecular flexibility index (Phi) is 7.11. The van der Waals surface area contributed by atoms with Crippen molar-refractivity contribution in [2.24, 2.45) is 0 Å². The van der Waals surface area contributed by atoms with Crippen LogP contribution in [0.1, 0.15) is 53.8 Å². The lowest BCUT2D eigenvalue weighted by molar-refractivity contribution is 0.0638. The lowest BCUT2D eigenvalue weighted by Gasteiger charge is -2.25. The zero-order valence-electron chi connectivity index (χ0n) is 18.5. The number of hydrogen-bond donors (Lipinski definition) is 2. The van der Waals surface area contributed by atoms with Crippen molar-refractivity contribution < 1.29 is 14.3 Å². The molecule has 0 aromatic heterocycles. The van der Waals surface area contributed by atoms with Gasteiger partial charge in [0.05, 0.1) is 18.2 Å². The molecule has 1 aliphatic heterocycles. The third-order valence-corrected chi connectivity index (χ3v) is 5.99. The van der Waals surface area contributed by atoms with Gasteiger partial charge in [-0.15, -0.1) is 0 Å². The summed E-state index contributed by atoms with van der Waals surface area (Å²) < 4.78 is 6.06. The number of carbonyl (C=O) groups excluding carboxylic acids is 2. The number of hydrogen-bond acceptors (Lipinski definition) is 4. The molecule has 1 saturated heterocycles. The summed E-state index contributed by atoms with van der Waals surface area (Å²) in [7, 11) is 0. The van der Waals surface area contributed by atoms with Crippen LogP contribution in [-0.4, -0.2) is 23.1 Å². The molecule has 0 aliphatic carbocycles. The molecule has 3 aromatic carbocycles. The molecule has 7 heteroatoms. The number of ether oxygens (including phenoxy) is 1. The van der Waals surface area contributed by atoms with Gasteiger partial charge in [0.25, 0.3) is 5.91 Å². The Balaban J connectivity index is 1.54. The Morgan fingerprint density at radius 3 is 2.27 bits per heavy atom. The van der Waals surface area contributed by atoms with Gasteiger partial charge in [0.1, 0.15) is 0 Å². The van der Waals surface area contributed by atoms with Crippen molar-refractivity contribution in [1.82, 2.24) is 10.4 Å². The van der Waals surface area contributed by atoms with Gasteiger partial charge in [-0.3, -0.25) is 15.1 Å². The molecule has 0 saturated carbocycles. The maximum absolute atomic E-state index is 13.4. The van der Waals surface area contributed by atoms with Gasteiger partial charge in [-0.1, -0.05) is 58.4 Å². The highest BCUT2D eigenvalue weighted by molar-refractivity contribution is 9.10. The van der Waals surface area contributed by atoms with Crippen molar-refractivity contribution >= 4 is 33.6 Å². The highest BCUT2D eigenvalue weighted by Crippen LogP contribution is 2.38. The lowest BCUT2D eigenvalue weighted by Crippen LogP contribution is -2.39. The molecule has 2 amide bonds. The molecule has 2 N–H and O–H groups in total. The van der Waals surface area contributed by atoms with Crippen LogP contribution in [0.3, 0.4) is 0 Å².